The van der Waals surface area contributed by atoms with Crippen molar-refractivity contribution in [3.05, 3.63) is 34.3 Å². The molecule has 0 heterocycles. The van der Waals surface area contributed by atoms with Gasteiger partial charge in [-0.3, -0.25) is 9.69 Å². The van der Waals surface area contributed by atoms with E-state index in [1.54, 1.807) is 0 Å². The van der Waals surface area contributed by atoms with Crippen molar-refractivity contribution >= 4 is 21.7 Å². The van der Waals surface area contributed by atoms with Gasteiger partial charge in [-0.1, -0.05) is 53.7 Å². The Hall–Kier alpha value is -0.670. The van der Waals surface area contributed by atoms with Gasteiger partial charge in [-0.25, -0.2) is 0 Å². The lowest BCUT2D eigenvalue weighted by Gasteiger charge is -2.38. The van der Waals surface area contributed by atoms with E-state index >= 15 is 0 Å². The number of likely N-dealkylation sites (N-methyl/N-ethyl adjacent to an activating group) is 1. The topological polar surface area (TPSA) is 20.3 Å². The van der Waals surface area contributed by atoms with Crippen LogP contribution in [-0.4, -0.2) is 30.3 Å². The number of carbonyl (C=O) groups excluding carboxylic acids is 1. The number of benzene rings is 1. The average molecular weight is 338 g/mol. The summed E-state index contributed by atoms with van der Waals surface area (Å²) >= 11 is 3.44. The molecule has 0 radical (unpaired) electrons. The summed E-state index contributed by atoms with van der Waals surface area (Å²) in [5.74, 6) is 0.381. The SMILES string of the molecule is CN(C)C1(C(=O)Cc2ccc(Br)cc2)CCCCCC1. The molecule has 0 unspecified atom stereocenters. The molecular weight excluding hydrogens is 314 g/mol. The van der Waals surface area contributed by atoms with E-state index in [-0.39, 0.29) is 5.54 Å². The molecule has 1 aliphatic rings. The van der Waals surface area contributed by atoms with Gasteiger partial charge in [0, 0.05) is 10.9 Å². The number of ketones is 1. The predicted molar refractivity (Wildman–Crippen MR) is 87.0 cm³/mol. The van der Waals surface area contributed by atoms with Crippen molar-refractivity contribution in [3.8, 4) is 0 Å². The first-order valence-electron chi connectivity index (χ1n) is 7.50. The molecule has 1 fully saturated rings. The second-order valence-electron chi connectivity index (χ2n) is 6.07. The lowest BCUT2D eigenvalue weighted by molar-refractivity contribution is -0.130. The summed E-state index contributed by atoms with van der Waals surface area (Å²) < 4.78 is 1.06. The molecule has 0 aliphatic heterocycles. The molecule has 0 N–H and O–H groups in total. The van der Waals surface area contributed by atoms with E-state index in [9.17, 15) is 4.79 Å². The van der Waals surface area contributed by atoms with E-state index in [0.717, 1.165) is 22.9 Å². The van der Waals surface area contributed by atoms with E-state index in [1.807, 2.05) is 24.3 Å². The minimum Gasteiger partial charge on any atom is -0.297 e. The second-order valence-corrected chi connectivity index (χ2v) is 6.98. The fourth-order valence-corrected chi connectivity index (χ4v) is 3.51. The van der Waals surface area contributed by atoms with Gasteiger partial charge < -0.3 is 0 Å². The van der Waals surface area contributed by atoms with Crippen molar-refractivity contribution in [2.45, 2.75) is 50.5 Å². The third kappa shape index (κ3) is 3.50. The van der Waals surface area contributed by atoms with E-state index in [1.165, 1.54) is 25.7 Å². The first kappa shape index (κ1) is 15.7. The van der Waals surface area contributed by atoms with Gasteiger partial charge in [-0.05, 0) is 44.6 Å². The average Bonchev–Trinajstić information content (AvgIpc) is 2.68. The molecule has 2 nitrogen and oxygen atoms in total. The standard InChI is InChI=1S/C17H24BrNO/c1-19(2)17(11-5-3-4-6-12-17)16(20)13-14-7-9-15(18)10-8-14/h7-10H,3-6,11-13H2,1-2H3. The molecule has 1 aromatic rings. The minimum atomic E-state index is -0.246. The van der Waals surface area contributed by atoms with Crippen molar-refractivity contribution in [3.63, 3.8) is 0 Å². The zero-order chi connectivity index (χ0) is 14.6. The maximum atomic E-state index is 12.9. The lowest BCUT2D eigenvalue weighted by atomic mass is 9.82. The van der Waals surface area contributed by atoms with Gasteiger partial charge >= 0.3 is 0 Å². The van der Waals surface area contributed by atoms with E-state index < -0.39 is 0 Å². The van der Waals surface area contributed by atoms with Gasteiger partial charge in [-0.15, -0.1) is 0 Å². The molecule has 20 heavy (non-hydrogen) atoms. The first-order chi connectivity index (χ1) is 9.54. The number of Topliss-reactive ketones (excluding diaryl/α,β-unsaturated/α-hetero) is 1. The smallest absolute Gasteiger partial charge is 0.157 e. The van der Waals surface area contributed by atoms with E-state index in [4.69, 9.17) is 0 Å². The highest BCUT2D eigenvalue weighted by Gasteiger charge is 2.39. The number of carbonyl (C=O) groups is 1. The normalized spacial score (nSPS) is 18.8. The summed E-state index contributed by atoms with van der Waals surface area (Å²) in [7, 11) is 4.12. The molecule has 0 amide bonds. The van der Waals surface area contributed by atoms with Gasteiger partial charge in [0.25, 0.3) is 0 Å². The van der Waals surface area contributed by atoms with Crippen LogP contribution < -0.4 is 0 Å². The Morgan fingerprint density at radius 3 is 2.15 bits per heavy atom. The van der Waals surface area contributed by atoms with Crippen LogP contribution in [0.5, 0.6) is 0 Å². The monoisotopic (exact) mass is 337 g/mol. The number of hydrogen-bond acceptors (Lipinski definition) is 2. The summed E-state index contributed by atoms with van der Waals surface area (Å²) in [6, 6.07) is 8.11. The van der Waals surface area contributed by atoms with Crippen molar-refractivity contribution in [2.75, 3.05) is 14.1 Å². The molecule has 1 aromatic carbocycles. The van der Waals surface area contributed by atoms with Gasteiger partial charge in [0.2, 0.25) is 0 Å². The summed E-state index contributed by atoms with van der Waals surface area (Å²) in [6.45, 7) is 0. The van der Waals surface area contributed by atoms with Crippen molar-refractivity contribution in [2.24, 2.45) is 0 Å². The van der Waals surface area contributed by atoms with Crippen molar-refractivity contribution < 1.29 is 4.79 Å². The third-order valence-corrected chi connectivity index (χ3v) is 5.11. The van der Waals surface area contributed by atoms with Gasteiger partial charge in [0.1, 0.15) is 0 Å². The Bertz CT molecular complexity index is 445. The molecule has 1 saturated carbocycles. The molecule has 110 valence electrons. The van der Waals surface area contributed by atoms with Crippen LogP contribution in [0.3, 0.4) is 0 Å². The van der Waals surface area contributed by atoms with E-state index in [2.05, 4.69) is 34.9 Å². The maximum Gasteiger partial charge on any atom is 0.157 e. The fourth-order valence-electron chi connectivity index (χ4n) is 3.24. The predicted octanol–water partition coefficient (Wildman–Crippen LogP) is 4.22. The summed E-state index contributed by atoms with van der Waals surface area (Å²) in [6.07, 6.45) is 7.44. The summed E-state index contributed by atoms with van der Waals surface area (Å²) in [5, 5.41) is 0. The lowest BCUT2D eigenvalue weighted by Crippen LogP contribution is -2.51. The quantitative estimate of drug-likeness (QED) is 0.767. The fraction of sp³-hybridized carbons (Fsp3) is 0.588. The Balaban J connectivity index is 2.16. The van der Waals surface area contributed by atoms with Crippen LogP contribution >= 0.6 is 15.9 Å². The highest BCUT2D eigenvalue weighted by Crippen LogP contribution is 2.33. The molecule has 0 bridgehead atoms. The van der Waals surface area contributed by atoms with Gasteiger partial charge in [-0.2, -0.15) is 0 Å². The zero-order valence-electron chi connectivity index (χ0n) is 12.5. The molecule has 0 saturated heterocycles. The van der Waals surface area contributed by atoms with Crippen LogP contribution in [0.2, 0.25) is 0 Å². The van der Waals surface area contributed by atoms with Crippen molar-refractivity contribution in [1.82, 2.24) is 4.90 Å². The first-order valence-corrected chi connectivity index (χ1v) is 8.29. The van der Waals surface area contributed by atoms with Crippen LogP contribution in [0.25, 0.3) is 0 Å². The highest BCUT2D eigenvalue weighted by atomic mass is 79.9. The molecule has 0 atom stereocenters. The molecule has 0 aromatic heterocycles. The van der Waals surface area contributed by atoms with Crippen LogP contribution in [0.1, 0.15) is 44.1 Å². The zero-order valence-corrected chi connectivity index (χ0v) is 14.1. The Kier molecular flexibility index (Phi) is 5.39. The molecular formula is C17H24BrNO. The number of nitrogens with zero attached hydrogens (tertiary/aromatic N) is 1. The van der Waals surface area contributed by atoms with Crippen LogP contribution in [0.4, 0.5) is 0 Å². The van der Waals surface area contributed by atoms with E-state index in [0.29, 0.717) is 12.2 Å². The molecule has 0 spiro atoms. The van der Waals surface area contributed by atoms with Crippen LogP contribution in [0.15, 0.2) is 28.7 Å². The number of hydrogen-bond donors (Lipinski definition) is 0. The third-order valence-electron chi connectivity index (χ3n) is 4.58. The van der Waals surface area contributed by atoms with Crippen molar-refractivity contribution in [1.29, 1.82) is 0 Å². The molecule has 1 aliphatic carbocycles. The molecule has 2 rings (SSSR count). The number of halogens is 1. The highest BCUT2D eigenvalue weighted by molar-refractivity contribution is 9.10. The Morgan fingerprint density at radius 1 is 1.10 bits per heavy atom. The minimum absolute atomic E-state index is 0.246. The van der Waals surface area contributed by atoms with Gasteiger partial charge in [0.15, 0.2) is 5.78 Å². The summed E-state index contributed by atoms with van der Waals surface area (Å²) in [5.41, 5.74) is 0.868. The second kappa shape index (κ2) is 6.86. The Morgan fingerprint density at radius 2 is 1.65 bits per heavy atom. The number of rotatable bonds is 4. The van der Waals surface area contributed by atoms with Crippen LogP contribution in [0, 0.1) is 0 Å². The molecule has 3 heteroatoms. The largest absolute Gasteiger partial charge is 0.297 e. The summed E-state index contributed by atoms with van der Waals surface area (Å²) in [4.78, 5) is 15.1. The van der Waals surface area contributed by atoms with Crippen LogP contribution in [-0.2, 0) is 11.2 Å². The maximum absolute atomic E-state index is 12.9. The Labute approximate surface area is 130 Å². The van der Waals surface area contributed by atoms with Gasteiger partial charge in [0.05, 0.1) is 5.54 Å².